The number of aryl methyl sites for hydroxylation is 1. The largest absolute Gasteiger partial charge is 0.458 e. The molecule has 2 heteroatoms. The average Bonchev–Trinajstić information content (AvgIpc) is 2.69. The number of esters is 1. The van der Waals surface area contributed by atoms with E-state index in [-0.39, 0.29) is 5.97 Å². The minimum atomic E-state index is -0.228. The fourth-order valence-corrected chi connectivity index (χ4v) is 1.79. The maximum Gasteiger partial charge on any atom is 0.338 e. The van der Waals surface area contributed by atoms with Gasteiger partial charge in [-0.25, -0.2) is 4.79 Å². The zero-order valence-electron chi connectivity index (χ0n) is 9.49. The van der Waals surface area contributed by atoms with Crippen molar-refractivity contribution in [3.63, 3.8) is 0 Å². The van der Waals surface area contributed by atoms with E-state index in [9.17, 15) is 4.79 Å². The molecule has 0 aliphatic carbocycles. The number of hydrogen-bond donors (Lipinski definition) is 0. The Balaban J connectivity index is 2.38. The van der Waals surface area contributed by atoms with E-state index in [2.05, 4.69) is 0 Å². The zero-order valence-corrected chi connectivity index (χ0v) is 9.49. The molecule has 2 nitrogen and oxygen atoms in total. The Kier molecular flexibility index (Phi) is 2.91. The van der Waals surface area contributed by atoms with Crippen LogP contribution in [0.15, 0.2) is 42.0 Å². The summed E-state index contributed by atoms with van der Waals surface area (Å²) in [7, 11) is 0. The van der Waals surface area contributed by atoms with Gasteiger partial charge in [0, 0.05) is 0 Å². The topological polar surface area (TPSA) is 26.3 Å². The van der Waals surface area contributed by atoms with Crippen LogP contribution < -0.4 is 0 Å². The first-order valence-electron chi connectivity index (χ1n) is 5.33. The summed E-state index contributed by atoms with van der Waals surface area (Å²) in [5, 5.41) is 0. The van der Waals surface area contributed by atoms with Crippen LogP contribution in [0.3, 0.4) is 0 Å². The Morgan fingerprint density at radius 2 is 2.00 bits per heavy atom. The van der Waals surface area contributed by atoms with E-state index >= 15 is 0 Å². The highest BCUT2D eigenvalue weighted by Crippen LogP contribution is 2.26. The Morgan fingerprint density at radius 1 is 1.31 bits per heavy atom. The van der Waals surface area contributed by atoms with Crippen LogP contribution in [0.1, 0.15) is 18.1 Å². The summed E-state index contributed by atoms with van der Waals surface area (Å²) in [4.78, 5) is 11.5. The van der Waals surface area contributed by atoms with Crippen LogP contribution in [-0.2, 0) is 9.53 Å². The Labute approximate surface area is 95.2 Å². The lowest BCUT2D eigenvalue weighted by Gasteiger charge is -2.06. The average molecular weight is 214 g/mol. The lowest BCUT2D eigenvalue weighted by molar-refractivity contribution is -0.135. The molecule has 0 amide bonds. The number of carbonyl (C=O) groups excluding carboxylic acids is 1. The third kappa shape index (κ3) is 1.91. The van der Waals surface area contributed by atoms with Crippen molar-refractivity contribution in [3.05, 3.63) is 53.1 Å². The third-order valence-corrected chi connectivity index (χ3v) is 2.66. The van der Waals surface area contributed by atoms with E-state index in [1.165, 1.54) is 5.56 Å². The smallest absolute Gasteiger partial charge is 0.338 e. The van der Waals surface area contributed by atoms with Crippen molar-refractivity contribution in [1.82, 2.24) is 0 Å². The maximum absolute atomic E-state index is 11.5. The van der Waals surface area contributed by atoms with Crippen LogP contribution in [0, 0.1) is 6.92 Å². The molecule has 16 heavy (non-hydrogen) atoms. The summed E-state index contributed by atoms with van der Waals surface area (Å²) in [5.74, 6) is -0.228. The summed E-state index contributed by atoms with van der Waals surface area (Å²) >= 11 is 0. The molecular formula is C14H14O2. The number of benzene rings is 1. The SMILES string of the molecule is C/C=C(/C1=CCOC1=O)c1ccc(C)cc1. The van der Waals surface area contributed by atoms with Gasteiger partial charge in [-0.1, -0.05) is 35.9 Å². The van der Waals surface area contributed by atoms with Crippen molar-refractivity contribution < 1.29 is 9.53 Å². The van der Waals surface area contributed by atoms with Crippen LogP contribution in [0.4, 0.5) is 0 Å². The Hall–Kier alpha value is -1.83. The van der Waals surface area contributed by atoms with E-state index in [0.29, 0.717) is 12.2 Å². The van der Waals surface area contributed by atoms with Crippen molar-refractivity contribution in [2.75, 3.05) is 6.61 Å². The first kappa shape index (κ1) is 10.7. The molecule has 1 aromatic rings. The number of hydrogen-bond acceptors (Lipinski definition) is 2. The van der Waals surface area contributed by atoms with E-state index < -0.39 is 0 Å². The summed E-state index contributed by atoms with van der Waals surface area (Å²) in [6.07, 6.45) is 3.78. The summed E-state index contributed by atoms with van der Waals surface area (Å²) in [5.41, 5.74) is 3.88. The van der Waals surface area contributed by atoms with E-state index in [1.807, 2.05) is 50.3 Å². The quantitative estimate of drug-likeness (QED) is 0.707. The van der Waals surface area contributed by atoms with E-state index in [4.69, 9.17) is 4.74 Å². The molecule has 1 aromatic carbocycles. The van der Waals surface area contributed by atoms with Gasteiger partial charge >= 0.3 is 5.97 Å². The van der Waals surface area contributed by atoms with E-state index in [0.717, 1.165) is 11.1 Å². The number of allylic oxidation sites excluding steroid dienone is 1. The molecule has 0 atom stereocenters. The van der Waals surface area contributed by atoms with Gasteiger partial charge in [-0.3, -0.25) is 0 Å². The summed E-state index contributed by atoms with van der Waals surface area (Å²) < 4.78 is 4.92. The molecular weight excluding hydrogens is 200 g/mol. The third-order valence-electron chi connectivity index (χ3n) is 2.66. The molecule has 82 valence electrons. The number of cyclic esters (lactones) is 1. The highest BCUT2D eigenvalue weighted by atomic mass is 16.5. The molecule has 0 spiro atoms. The summed E-state index contributed by atoms with van der Waals surface area (Å²) in [6, 6.07) is 8.13. The molecule has 0 bridgehead atoms. The van der Waals surface area contributed by atoms with Crippen molar-refractivity contribution in [2.45, 2.75) is 13.8 Å². The van der Waals surface area contributed by atoms with Crippen LogP contribution >= 0.6 is 0 Å². The fraction of sp³-hybridized carbons (Fsp3) is 0.214. The van der Waals surface area contributed by atoms with Crippen LogP contribution in [0.25, 0.3) is 5.57 Å². The molecule has 0 aromatic heterocycles. The van der Waals surface area contributed by atoms with Crippen LogP contribution in [-0.4, -0.2) is 12.6 Å². The van der Waals surface area contributed by atoms with Gasteiger partial charge in [-0.2, -0.15) is 0 Å². The lowest BCUT2D eigenvalue weighted by Crippen LogP contribution is -2.01. The second-order valence-corrected chi connectivity index (χ2v) is 3.78. The lowest BCUT2D eigenvalue weighted by atomic mass is 9.97. The van der Waals surface area contributed by atoms with Gasteiger partial charge in [0.25, 0.3) is 0 Å². The molecule has 0 unspecified atom stereocenters. The minimum Gasteiger partial charge on any atom is -0.458 e. The molecule has 2 rings (SSSR count). The van der Waals surface area contributed by atoms with Crippen molar-refractivity contribution in [3.8, 4) is 0 Å². The molecule has 1 aliphatic rings. The van der Waals surface area contributed by atoms with E-state index in [1.54, 1.807) is 0 Å². The Bertz CT molecular complexity index is 464. The molecule has 0 fully saturated rings. The predicted molar refractivity (Wildman–Crippen MR) is 63.9 cm³/mol. The van der Waals surface area contributed by atoms with Crippen molar-refractivity contribution >= 4 is 11.5 Å². The number of carbonyl (C=O) groups is 1. The first-order chi connectivity index (χ1) is 7.72. The van der Waals surface area contributed by atoms with Gasteiger partial charge in [0.1, 0.15) is 6.61 Å². The fourth-order valence-electron chi connectivity index (χ4n) is 1.79. The maximum atomic E-state index is 11.5. The van der Waals surface area contributed by atoms with Crippen molar-refractivity contribution in [1.29, 1.82) is 0 Å². The number of ether oxygens (including phenoxy) is 1. The van der Waals surface area contributed by atoms with Gasteiger partial charge in [-0.15, -0.1) is 0 Å². The van der Waals surface area contributed by atoms with Gasteiger partial charge in [0.05, 0.1) is 5.57 Å². The second-order valence-electron chi connectivity index (χ2n) is 3.78. The molecule has 1 aliphatic heterocycles. The summed E-state index contributed by atoms with van der Waals surface area (Å²) in [6.45, 7) is 4.36. The first-order valence-corrected chi connectivity index (χ1v) is 5.33. The highest BCUT2D eigenvalue weighted by Gasteiger charge is 2.20. The molecule has 0 N–H and O–H groups in total. The molecule has 0 saturated carbocycles. The normalized spacial score (nSPS) is 16.0. The van der Waals surface area contributed by atoms with Gasteiger partial charge in [0.15, 0.2) is 0 Å². The van der Waals surface area contributed by atoms with Gasteiger partial charge < -0.3 is 4.74 Å². The second kappa shape index (κ2) is 4.35. The van der Waals surface area contributed by atoms with Gasteiger partial charge in [0.2, 0.25) is 0 Å². The zero-order chi connectivity index (χ0) is 11.5. The van der Waals surface area contributed by atoms with Crippen LogP contribution in [0.5, 0.6) is 0 Å². The van der Waals surface area contributed by atoms with Crippen LogP contribution in [0.2, 0.25) is 0 Å². The molecule has 0 saturated heterocycles. The van der Waals surface area contributed by atoms with Crippen molar-refractivity contribution in [2.24, 2.45) is 0 Å². The molecule has 0 radical (unpaired) electrons. The minimum absolute atomic E-state index is 0.228. The molecule has 1 heterocycles. The van der Waals surface area contributed by atoms with Gasteiger partial charge in [-0.05, 0) is 31.1 Å². The highest BCUT2D eigenvalue weighted by molar-refractivity contribution is 6.07. The standard InChI is InChI=1S/C14H14O2/c1-3-12(13-8-9-16-14(13)15)11-6-4-10(2)5-7-11/h3-8H,9H2,1-2H3/b12-3+. The predicted octanol–water partition coefficient (Wildman–Crippen LogP) is 2.88. The monoisotopic (exact) mass is 214 g/mol. The Morgan fingerprint density at radius 3 is 2.50 bits per heavy atom. The number of rotatable bonds is 2.